The Labute approximate surface area is 121 Å². The lowest BCUT2D eigenvalue weighted by Gasteiger charge is -2.20. The fourth-order valence-electron chi connectivity index (χ4n) is 2.07. The van der Waals surface area contributed by atoms with Gasteiger partial charge >= 0.3 is 0 Å². The molecule has 1 fully saturated rings. The number of likely N-dealkylation sites (tertiary alicyclic amines) is 1. The zero-order valence-corrected chi connectivity index (χ0v) is 12.1. The van der Waals surface area contributed by atoms with Crippen LogP contribution in [0.4, 0.5) is 0 Å². The standard InChI is InChI=1S/C13H20N2O.2ClH/c14-12(10-15-8-4-5-9-15)11-16-13-6-2-1-3-7-13;;/h1-3,6-7,12H,4-5,8-11,14H2;2*1H/t12-;;/m1../s1. The summed E-state index contributed by atoms with van der Waals surface area (Å²) in [5.41, 5.74) is 6.03. The average molecular weight is 293 g/mol. The van der Waals surface area contributed by atoms with E-state index in [4.69, 9.17) is 10.5 Å². The number of ether oxygens (including phenoxy) is 1. The van der Waals surface area contributed by atoms with Gasteiger partial charge in [0.2, 0.25) is 0 Å². The first kappa shape index (κ1) is 17.5. The molecule has 2 rings (SSSR count). The van der Waals surface area contributed by atoms with Gasteiger partial charge in [0.1, 0.15) is 12.4 Å². The molecule has 0 aliphatic carbocycles. The van der Waals surface area contributed by atoms with Gasteiger partial charge in [-0.15, -0.1) is 24.8 Å². The van der Waals surface area contributed by atoms with Crippen LogP contribution in [-0.4, -0.2) is 37.2 Å². The number of para-hydroxylation sites is 1. The Kier molecular flexibility index (Phi) is 9.20. The summed E-state index contributed by atoms with van der Waals surface area (Å²) in [7, 11) is 0. The van der Waals surface area contributed by atoms with Crippen molar-refractivity contribution in [3.63, 3.8) is 0 Å². The number of halogens is 2. The van der Waals surface area contributed by atoms with Crippen molar-refractivity contribution in [2.75, 3.05) is 26.2 Å². The molecule has 1 aliphatic rings. The summed E-state index contributed by atoms with van der Waals surface area (Å²) in [5, 5.41) is 0. The topological polar surface area (TPSA) is 38.5 Å². The second-order valence-electron chi connectivity index (χ2n) is 4.39. The quantitative estimate of drug-likeness (QED) is 0.905. The van der Waals surface area contributed by atoms with E-state index >= 15 is 0 Å². The molecule has 1 saturated heterocycles. The summed E-state index contributed by atoms with van der Waals surface area (Å²) in [4.78, 5) is 2.42. The van der Waals surface area contributed by atoms with Crippen molar-refractivity contribution in [3.8, 4) is 5.75 Å². The minimum Gasteiger partial charge on any atom is -0.492 e. The predicted molar refractivity (Wildman–Crippen MR) is 80.1 cm³/mol. The number of nitrogens with two attached hydrogens (primary N) is 1. The highest BCUT2D eigenvalue weighted by molar-refractivity contribution is 5.85. The molecule has 0 aromatic heterocycles. The van der Waals surface area contributed by atoms with Gasteiger partial charge in [-0.2, -0.15) is 0 Å². The van der Waals surface area contributed by atoms with E-state index in [0.29, 0.717) is 6.61 Å². The molecule has 1 atom stereocenters. The van der Waals surface area contributed by atoms with Crippen LogP contribution in [0.1, 0.15) is 12.8 Å². The van der Waals surface area contributed by atoms with Crippen LogP contribution in [0.3, 0.4) is 0 Å². The molecule has 104 valence electrons. The minimum absolute atomic E-state index is 0. The summed E-state index contributed by atoms with van der Waals surface area (Å²) in [6, 6.07) is 9.96. The highest BCUT2D eigenvalue weighted by Crippen LogP contribution is 2.10. The number of benzene rings is 1. The van der Waals surface area contributed by atoms with Crippen LogP contribution >= 0.6 is 24.8 Å². The lowest BCUT2D eigenvalue weighted by molar-refractivity contribution is 0.237. The fourth-order valence-corrected chi connectivity index (χ4v) is 2.07. The number of rotatable bonds is 5. The normalized spacial score (nSPS) is 16.5. The lowest BCUT2D eigenvalue weighted by atomic mass is 10.3. The Morgan fingerprint density at radius 1 is 1.11 bits per heavy atom. The monoisotopic (exact) mass is 292 g/mol. The van der Waals surface area contributed by atoms with Crippen LogP contribution in [-0.2, 0) is 0 Å². The van der Waals surface area contributed by atoms with Gasteiger partial charge in [0, 0.05) is 6.54 Å². The Morgan fingerprint density at radius 3 is 2.33 bits per heavy atom. The minimum atomic E-state index is 0. The van der Waals surface area contributed by atoms with Gasteiger partial charge in [-0.3, -0.25) is 0 Å². The molecule has 1 aromatic carbocycles. The van der Waals surface area contributed by atoms with E-state index in [1.165, 1.54) is 25.9 Å². The number of nitrogens with zero attached hydrogens (tertiary/aromatic N) is 1. The molecule has 0 unspecified atom stereocenters. The third kappa shape index (κ3) is 5.91. The zero-order valence-electron chi connectivity index (χ0n) is 10.5. The average Bonchev–Trinajstić information content (AvgIpc) is 2.81. The van der Waals surface area contributed by atoms with Gasteiger partial charge in [0.25, 0.3) is 0 Å². The molecule has 0 amide bonds. The third-order valence-electron chi connectivity index (χ3n) is 2.90. The summed E-state index contributed by atoms with van der Waals surface area (Å²) >= 11 is 0. The van der Waals surface area contributed by atoms with E-state index in [1.807, 2.05) is 30.3 Å². The van der Waals surface area contributed by atoms with Crippen molar-refractivity contribution >= 4 is 24.8 Å². The number of hydrogen-bond acceptors (Lipinski definition) is 3. The second kappa shape index (κ2) is 9.45. The van der Waals surface area contributed by atoms with Crippen molar-refractivity contribution in [1.29, 1.82) is 0 Å². The molecule has 1 aliphatic heterocycles. The smallest absolute Gasteiger partial charge is 0.119 e. The second-order valence-corrected chi connectivity index (χ2v) is 4.39. The first-order chi connectivity index (χ1) is 7.84. The lowest BCUT2D eigenvalue weighted by Crippen LogP contribution is -2.39. The molecule has 1 heterocycles. The molecule has 0 radical (unpaired) electrons. The van der Waals surface area contributed by atoms with Crippen LogP contribution < -0.4 is 10.5 Å². The predicted octanol–water partition coefficient (Wildman–Crippen LogP) is 2.33. The largest absolute Gasteiger partial charge is 0.492 e. The van der Waals surface area contributed by atoms with Gasteiger partial charge in [-0.1, -0.05) is 18.2 Å². The molecule has 3 nitrogen and oxygen atoms in total. The molecule has 0 bridgehead atoms. The van der Waals surface area contributed by atoms with Crippen molar-refractivity contribution < 1.29 is 4.74 Å². The van der Waals surface area contributed by atoms with Crippen LogP contribution in [0.5, 0.6) is 5.75 Å². The maximum absolute atomic E-state index is 6.03. The molecule has 5 heteroatoms. The van der Waals surface area contributed by atoms with E-state index in [1.54, 1.807) is 0 Å². The molecule has 18 heavy (non-hydrogen) atoms. The highest BCUT2D eigenvalue weighted by atomic mass is 35.5. The summed E-state index contributed by atoms with van der Waals surface area (Å²) in [6.07, 6.45) is 2.62. The van der Waals surface area contributed by atoms with E-state index < -0.39 is 0 Å². The molecule has 1 aromatic rings. The number of hydrogen-bond donors (Lipinski definition) is 1. The van der Waals surface area contributed by atoms with E-state index in [2.05, 4.69) is 4.90 Å². The fraction of sp³-hybridized carbons (Fsp3) is 0.538. The summed E-state index contributed by atoms with van der Waals surface area (Å²) < 4.78 is 5.63. The molecule has 2 N–H and O–H groups in total. The molecular weight excluding hydrogens is 271 g/mol. The van der Waals surface area contributed by atoms with E-state index in [0.717, 1.165) is 12.3 Å². The van der Waals surface area contributed by atoms with E-state index in [9.17, 15) is 0 Å². The zero-order chi connectivity index (χ0) is 11.2. The maximum atomic E-state index is 6.03. The first-order valence-electron chi connectivity index (χ1n) is 6.00. The van der Waals surface area contributed by atoms with Gasteiger partial charge < -0.3 is 15.4 Å². The van der Waals surface area contributed by atoms with Crippen LogP contribution in [0, 0.1) is 0 Å². The first-order valence-corrected chi connectivity index (χ1v) is 6.00. The van der Waals surface area contributed by atoms with Crippen LogP contribution in [0.25, 0.3) is 0 Å². The Balaban J connectivity index is 0.00000144. The molecular formula is C13H22Cl2N2O. The highest BCUT2D eigenvalue weighted by Gasteiger charge is 2.14. The van der Waals surface area contributed by atoms with Gasteiger partial charge in [0.15, 0.2) is 0 Å². The SMILES string of the molecule is Cl.Cl.N[C@@H](COc1ccccc1)CN1CCCC1. The summed E-state index contributed by atoms with van der Waals surface area (Å²) in [5.74, 6) is 0.902. The Bertz CT molecular complexity index is 305. The van der Waals surface area contributed by atoms with Crippen LogP contribution in [0.15, 0.2) is 30.3 Å². The van der Waals surface area contributed by atoms with Crippen molar-refractivity contribution in [2.24, 2.45) is 5.73 Å². The van der Waals surface area contributed by atoms with Crippen molar-refractivity contribution in [3.05, 3.63) is 30.3 Å². The van der Waals surface area contributed by atoms with Gasteiger partial charge in [-0.05, 0) is 38.1 Å². The maximum Gasteiger partial charge on any atom is 0.119 e. The van der Waals surface area contributed by atoms with E-state index in [-0.39, 0.29) is 30.9 Å². The van der Waals surface area contributed by atoms with Gasteiger partial charge in [-0.25, -0.2) is 0 Å². The Morgan fingerprint density at radius 2 is 1.72 bits per heavy atom. The van der Waals surface area contributed by atoms with Gasteiger partial charge in [0.05, 0.1) is 6.04 Å². The molecule has 0 saturated carbocycles. The Hall–Kier alpha value is -0.480. The van der Waals surface area contributed by atoms with Crippen molar-refractivity contribution in [2.45, 2.75) is 18.9 Å². The third-order valence-corrected chi connectivity index (χ3v) is 2.90. The summed E-state index contributed by atoms with van der Waals surface area (Å²) in [6.45, 7) is 3.94. The van der Waals surface area contributed by atoms with Crippen LogP contribution in [0.2, 0.25) is 0 Å². The molecule has 0 spiro atoms. The van der Waals surface area contributed by atoms with Crippen molar-refractivity contribution in [1.82, 2.24) is 4.90 Å².